The number of rotatable bonds is 4. The summed E-state index contributed by atoms with van der Waals surface area (Å²) in [6.45, 7) is 0. The van der Waals surface area contributed by atoms with E-state index in [9.17, 15) is 30.7 Å². The molecule has 0 aliphatic carbocycles. The van der Waals surface area contributed by atoms with E-state index in [1.54, 1.807) is 0 Å². The third-order valence-corrected chi connectivity index (χ3v) is 4.47. The molecule has 0 fully saturated rings. The lowest BCUT2D eigenvalue weighted by atomic mass is 10.2. The fourth-order valence-corrected chi connectivity index (χ4v) is 2.87. The summed E-state index contributed by atoms with van der Waals surface area (Å²) in [6, 6.07) is 5.72. The molecule has 0 radical (unpaired) electrons. The Balaban J connectivity index is 1.88. The molecule has 0 aliphatic rings. The van der Waals surface area contributed by atoms with Gasteiger partial charge in [-0.25, -0.2) is 9.37 Å². The molecule has 0 amide bonds. The van der Waals surface area contributed by atoms with Crippen LogP contribution in [0.5, 0.6) is 0 Å². The normalized spacial score (nSPS) is 12.0. The Morgan fingerprint density at radius 2 is 1.23 bits per heavy atom. The molecule has 4 nitrogen and oxygen atoms in total. The van der Waals surface area contributed by atoms with E-state index >= 15 is 0 Å². The third-order valence-electron chi connectivity index (χ3n) is 3.81. The van der Waals surface area contributed by atoms with Crippen LogP contribution in [0.3, 0.4) is 0 Å². The predicted octanol–water partition coefficient (Wildman–Crippen LogP) is 7.45. The zero-order valence-corrected chi connectivity index (χ0v) is 16.3. The van der Waals surface area contributed by atoms with E-state index in [0.29, 0.717) is 18.3 Å². The first-order valence-electron chi connectivity index (χ1n) is 8.14. The van der Waals surface area contributed by atoms with E-state index in [4.69, 9.17) is 23.2 Å². The Hall–Kier alpha value is -2.79. The van der Waals surface area contributed by atoms with Crippen molar-refractivity contribution in [2.75, 3.05) is 10.6 Å². The second kappa shape index (κ2) is 8.39. The summed E-state index contributed by atoms with van der Waals surface area (Å²) in [5.74, 6) is -1.84. The number of nitrogens with one attached hydrogen (secondary N) is 2. The van der Waals surface area contributed by atoms with Crippen molar-refractivity contribution in [3.05, 3.63) is 69.6 Å². The molecular weight excluding hydrogens is 476 g/mol. The predicted molar refractivity (Wildman–Crippen MR) is 101 cm³/mol. The van der Waals surface area contributed by atoms with Gasteiger partial charge in [-0.2, -0.15) is 31.3 Å². The molecule has 0 saturated carbocycles. The number of halogens is 9. The van der Waals surface area contributed by atoms with E-state index in [0.717, 1.165) is 12.1 Å². The van der Waals surface area contributed by atoms with Gasteiger partial charge in [0.05, 0.1) is 27.4 Å². The lowest BCUT2D eigenvalue weighted by molar-refractivity contribution is -0.138. The van der Waals surface area contributed by atoms with Crippen LogP contribution in [0.25, 0.3) is 0 Å². The van der Waals surface area contributed by atoms with Gasteiger partial charge in [0.25, 0.3) is 0 Å². The van der Waals surface area contributed by atoms with E-state index in [1.165, 1.54) is 12.1 Å². The molecule has 1 aromatic heterocycles. The van der Waals surface area contributed by atoms with Crippen LogP contribution in [0, 0.1) is 5.82 Å². The summed E-state index contributed by atoms with van der Waals surface area (Å²) in [6.07, 6.45) is -8.76. The van der Waals surface area contributed by atoms with E-state index in [2.05, 4.69) is 20.6 Å². The fourth-order valence-electron chi connectivity index (χ4n) is 2.42. The van der Waals surface area contributed by atoms with E-state index in [1.807, 2.05) is 0 Å². The van der Waals surface area contributed by atoms with Crippen LogP contribution in [0.15, 0.2) is 42.6 Å². The highest BCUT2D eigenvalue weighted by Gasteiger charge is 2.34. The van der Waals surface area contributed by atoms with Gasteiger partial charge >= 0.3 is 12.4 Å². The topological polar surface area (TPSA) is 49.8 Å². The average Bonchev–Trinajstić information content (AvgIpc) is 2.65. The summed E-state index contributed by atoms with van der Waals surface area (Å²) >= 11 is 11.1. The van der Waals surface area contributed by atoms with Crippen LogP contribution in [-0.2, 0) is 12.4 Å². The van der Waals surface area contributed by atoms with Crippen molar-refractivity contribution in [2.24, 2.45) is 0 Å². The molecule has 164 valence electrons. The SMILES string of the molecule is Fc1cnc(Nc2ccc(Cl)c(C(F)(F)F)c2)nc1Nc1ccc(Cl)c(C(F)(F)F)c1. The third kappa shape index (κ3) is 5.47. The molecule has 0 spiro atoms. The summed E-state index contributed by atoms with van der Waals surface area (Å²) < 4.78 is 91.9. The minimum atomic E-state index is -4.74. The number of alkyl halides is 6. The Labute approximate surface area is 180 Å². The highest BCUT2D eigenvalue weighted by Crippen LogP contribution is 2.38. The fraction of sp³-hybridized carbons (Fsp3) is 0.111. The lowest BCUT2D eigenvalue weighted by Crippen LogP contribution is -2.08. The Morgan fingerprint density at radius 1 is 0.742 bits per heavy atom. The van der Waals surface area contributed by atoms with Crippen molar-refractivity contribution < 1.29 is 30.7 Å². The largest absolute Gasteiger partial charge is 0.417 e. The van der Waals surface area contributed by atoms with E-state index in [-0.39, 0.29) is 17.3 Å². The number of nitrogens with zero attached hydrogens (tertiary/aromatic N) is 2. The van der Waals surface area contributed by atoms with Gasteiger partial charge in [0.1, 0.15) is 0 Å². The Kier molecular flexibility index (Phi) is 6.19. The van der Waals surface area contributed by atoms with Crippen LogP contribution in [0.2, 0.25) is 10.0 Å². The quantitative estimate of drug-likeness (QED) is 0.377. The van der Waals surface area contributed by atoms with Crippen molar-refractivity contribution in [1.82, 2.24) is 9.97 Å². The van der Waals surface area contributed by atoms with Gasteiger partial charge in [0.15, 0.2) is 11.6 Å². The average molecular weight is 485 g/mol. The minimum absolute atomic E-state index is 0.0971. The van der Waals surface area contributed by atoms with Crippen LogP contribution in [-0.4, -0.2) is 9.97 Å². The molecule has 0 saturated heterocycles. The second-order valence-electron chi connectivity index (χ2n) is 6.02. The van der Waals surface area contributed by atoms with Crippen molar-refractivity contribution in [1.29, 1.82) is 0 Å². The smallest absolute Gasteiger partial charge is 0.338 e. The molecular formula is C18H9Cl2F7N4. The van der Waals surface area contributed by atoms with Gasteiger partial charge < -0.3 is 10.6 Å². The zero-order chi connectivity index (χ0) is 23.0. The molecule has 1 heterocycles. The standard InChI is InChI=1S/C18H9Cl2F7N4/c19-12-3-1-8(5-10(12)17(22,23)24)29-15-14(21)7-28-16(31-15)30-9-2-4-13(20)11(6-9)18(25,26)27/h1-7H,(H2,28,29,30,31). The number of hydrogen-bond acceptors (Lipinski definition) is 4. The molecule has 3 aromatic rings. The summed E-state index contributed by atoms with van der Waals surface area (Å²) in [5, 5.41) is 3.74. The van der Waals surface area contributed by atoms with Crippen molar-refractivity contribution in [2.45, 2.75) is 12.4 Å². The van der Waals surface area contributed by atoms with Crippen molar-refractivity contribution in [3.63, 3.8) is 0 Å². The highest BCUT2D eigenvalue weighted by molar-refractivity contribution is 6.31. The molecule has 2 aromatic carbocycles. The summed E-state index contributed by atoms with van der Waals surface area (Å²) in [4.78, 5) is 7.36. The zero-order valence-electron chi connectivity index (χ0n) is 14.8. The molecule has 2 N–H and O–H groups in total. The maximum absolute atomic E-state index is 14.1. The van der Waals surface area contributed by atoms with Gasteiger partial charge in [-0.1, -0.05) is 23.2 Å². The molecule has 0 unspecified atom stereocenters. The van der Waals surface area contributed by atoms with E-state index < -0.39 is 45.2 Å². The van der Waals surface area contributed by atoms with Gasteiger partial charge in [-0.15, -0.1) is 0 Å². The molecule has 31 heavy (non-hydrogen) atoms. The Morgan fingerprint density at radius 3 is 1.71 bits per heavy atom. The molecule has 13 heteroatoms. The van der Waals surface area contributed by atoms with Gasteiger partial charge in [-0.3, -0.25) is 0 Å². The highest BCUT2D eigenvalue weighted by atomic mass is 35.5. The monoisotopic (exact) mass is 484 g/mol. The first-order chi connectivity index (χ1) is 14.3. The number of anilines is 4. The first-order valence-corrected chi connectivity index (χ1v) is 8.90. The number of hydrogen-bond donors (Lipinski definition) is 2. The minimum Gasteiger partial charge on any atom is -0.338 e. The maximum Gasteiger partial charge on any atom is 0.417 e. The molecule has 0 aliphatic heterocycles. The summed E-state index contributed by atoms with van der Waals surface area (Å²) in [5.41, 5.74) is -2.53. The Bertz CT molecular complexity index is 1120. The van der Waals surface area contributed by atoms with Crippen LogP contribution < -0.4 is 10.6 Å². The van der Waals surface area contributed by atoms with Crippen LogP contribution in [0.1, 0.15) is 11.1 Å². The lowest BCUT2D eigenvalue weighted by Gasteiger charge is -2.14. The molecule has 0 bridgehead atoms. The number of aromatic nitrogens is 2. The van der Waals surface area contributed by atoms with Crippen LogP contribution in [0.4, 0.5) is 53.9 Å². The van der Waals surface area contributed by atoms with Gasteiger partial charge in [0.2, 0.25) is 5.95 Å². The first kappa shape index (κ1) is 22.9. The van der Waals surface area contributed by atoms with Gasteiger partial charge in [0, 0.05) is 11.4 Å². The van der Waals surface area contributed by atoms with Crippen molar-refractivity contribution in [3.8, 4) is 0 Å². The summed E-state index contributed by atoms with van der Waals surface area (Å²) in [7, 11) is 0. The molecule has 0 atom stereocenters. The number of benzene rings is 2. The second-order valence-corrected chi connectivity index (χ2v) is 6.84. The van der Waals surface area contributed by atoms with Crippen molar-refractivity contribution >= 4 is 46.3 Å². The molecule has 3 rings (SSSR count). The maximum atomic E-state index is 14.1. The van der Waals surface area contributed by atoms with Crippen LogP contribution >= 0.6 is 23.2 Å². The van der Waals surface area contributed by atoms with Gasteiger partial charge in [-0.05, 0) is 36.4 Å².